The highest BCUT2D eigenvalue weighted by molar-refractivity contribution is 9.10. The Morgan fingerprint density at radius 1 is 1.43 bits per heavy atom. The summed E-state index contributed by atoms with van der Waals surface area (Å²) in [7, 11) is 0. The molecule has 4 nitrogen and oxygen atoms in total. The molecule has 0 bridgehead atoms. The van der Waals surface area contributed by atoms with Gasteiger partial charge in [-0.3, -0.25) is 4.57 Å². The third-order valence-electron chi connectivity index (χ3n) is 2.16. The predicted molar refractivity (Wildman–Crippen MR) is 53.4 cm³/mol. The molecule has 2 aromatic rings. The number of nitrogens with zero attached hydrogens (tertiary/aromatic N) is 3. The van der Waals surface area contributed by atoms with Crippen LogP contribution in [0.3, 0.4) is 0 Å². The number of benzene rings is 1. The van der Waals surface area contributed by atoms with Crippen molar-refractivity contribution in [2.75, 3.05) is 0 Å². The van der Waals surface area contributed by atoms with Crippen molar-refractivity contribution in [2.45, 2.75) is 6.61 Å². The Morgan fingerprint density at radius 2 is 2.36 bits per heavy atom. The van der Waals surface area contributed by atoms with Gasteiger partial charge in [0, 0.05) is 4.47 Å². The topological polar surface area (TPSA) is 39.9 Å². The first-order valence-corrected chi connectivity index (χ1v) is 4.95. The second kappa shape index (κ2) is 2.81. The Balaban J connectivity index is 2.28. The predicted octanol–water partition coefficient (Wildman–Crippen LogP) is 1.92. The van der Waals surface area contributed by atoms with E-state index in [-0.39, 0.29) is 0 Å². The summed E-state index contributed by atoms with van der Waals surface area (Å²) in [5.41, 5.74) is 0.977. The van der Waals surface area contributed by atoms with E-state index in [9.17, 15) is 0 Å². The highest BCUT2D eigenvalue weighted by atomic mass is 79.9. The first-order chi connectivity index (χ1) is 6.84. The number of ether oxygens (including phenoxy) is 1. The van der Waals surface area contributed by atoms with Crippen LogP contribution in [0.2, 0.25) is 0 Å². The molecule has 1 aromatic carbocycles. The van der Waals surface area contributed by atoms with Gasteiger partial charge < -0.3 is 4.74 Å². The molecule has 0 radical (unpaired) electrons. The molecule has 14 heavy (non-hydrogen) atoms. The van der Waals surface area contributed by atoms with Gasteiger partial charge in [0.15, 0.2) is 5.82 Å². The summed E-state index contributed by atoms with van der Waals surface area (Å²) in [6.45, 7) is 0.481. The summed E-state index contributed by atoms with van der Waals surface area (Å²) in [5.74, 6) is 1.69. The summed E-state index contributed by atoms with van der Waals surface area (Å²) in [5, 5.41) is 7.81. The molecule has 0 saturated heterocycles. The minimum atomic E-state index is 0.481. The maximum atomic E-state index is 5.52. The van der Waals surface area contributed by atoms with Crippen LogP contribution in [-0.4, -0.2) is 14.8 Å². The van der Waals surface area contributed by atoms with Gasteiger partial charge in [0.05, 0.1) is 5.69 Å². The van der Waals surface area contributed by atoms with Crippen molar-refractivity contribution in [3.63, 3.8) is 0 Å². The maximum Gasteiger partial charge on any atom is 0.175 e. The van der Waals surface area contributed by atoms with Crippen molar-refractivity contribution >= 4 is 15.9 Å². The first kappa shape index (κ1) is 7.99. The van der Waals surface area contributed by atoms with Crippen molar-refractivity contribution in [1.29, 1.82) is 0 Å². The molecule has 0 N–H and O–H groups in total. The molecule has 0 unspecified atom stereocenters. The lowest BCUT2D eigenvalue weighted by Gasteiger charge is -2.18. The second-order valence-electron chi connectivity index (χ2n) is 3.02. The lowest BCUT2D eigenvalue weighted by molar-refractivity contribution is 0.279. The number of halogens is 1. The van der Waals surface area contributed by atoms with Gasteiger partial charge in [-0.15, -0.1) is 10.2 Å². The van der Waals surface area contributed by atoms with Crippen LogP contribution in [0, 0.1) is 0 Å². The van der Waals surface area contributed by atoms with E-state index in [1.54, 1.807) is 6.33 Å². The highest BCUT2D eigenvalue weighted by Gasteiger charge is 2.17. The van der Waals surface area contributed by atoms with E-state index < -0.39 is 0 Å². The van der Waals surface area contributed by atoms with Crippen molar-refractivity contribution < 1.29 is 4.74 Å². The van der Waals surface area contributed by atoms with E-state index in [1.807, 2.05) is 22.8 Å². The zero-order valence-corrected chi connectivity index (χ0v) is 8.73. The first-order valence-electron chi connectivity index (χ1n) is 4.16. The van der Waals surface area contributed by atoms with Gasteiger partial charge in [-0.2, -0.15) is 0 Å². The molecule has 0 aliphatic carbocycles. The van der Waals surface area contributed by atoms with Crippen molar-refractivity contribution in [2.24, 2.45) is 0 Å². The molecule has 1 aromatic heterocycles. The normalized spacial score (nSPS) is 12.9. The van der Waals surface area contributed by atoms with Gasteiger partial charge in [-0.1, -0.05) is 15.9 Å². The van der Waals surface area contributed by atoms with Crippen LogP contribution in [0.15, 0.2) is 29.0 Å². The van der Waals surface area contributed by atoms with Gasteiger partial charge >= 0.3 is 0 Å². The van der Waals surface area contributed by atoms with E-state index in [0.29, 0.717) is 6.61 Å². The quantitative estimate of drug-likeness (QED) is 0.719. The number of hydrogen-bond acceptors (Lipinski definition) is 3. The molecule has 0 atom stereocenters. The maximum absolute atomic E-state index is 5.52. The van der Waals surface area contributed by atoms with Crippen molar-refractivity contribution in [3.05, 3.63) is 34.8 Å². The van der Waals surface area contributed by atoms with Gasteiger partial charge in [-0.25, -0.2) is 0 Å². The molecule has 0 amide bonds. The minimum absolute atomic E-state index is 0.481. The number of hydrogen-bond donors (Lipinski definition) is 0. The summed E-state index contributed by atoms with van der Waals surface area (Å²) in [6.07, 6.45) is 1.70. The third-order valence-corrected chi connectivity index (χ3v) is 2.65. The summed E-state index contributed by atoms with van der Waals surface area (Å²) in [4.78, 5) is 0. The van der Waals surface area contributed by atoms with Gasteiger partial charge in [-0.05, 0) is 18.2 Å². The minimum Gasteiger partial charge on any atom is -0.483 e. The molecule has 1 aliphatic heterocycles. The largest absolute Gasteiger partial charge is 0.483 e. The fourth-order valence-corrected chi connectivity index (χ4v) is 1.85. The molecular weight excluding hydrogens is 246 g/mol. The van der Waals surface area contributed by atoms with Crippen LogP contribution in [0.1, 0.15) is 5.82 Å². The molecule has 1 aliphatic rings. The lowest BCUT2D eigenvalue weighted by atomic mass is 10.2. The Labute approximate surface area is 88.7 Å². The SMILES string of the molecule is Brc1ccc2c(c1)-n1cnnc1CO2. The van der Waals surface area contributed by atoms with E-state index in [1.165, 1.54) is 0 Å². The van der Waals surface area contributed by atoms with Crippen LogP contribution in [0.4, 0.5) is 0 Å². The molecule has 2 heterocycles. The summed E-state index contributed by atoms with van der Waals surface area (Å²) >= 11 is 3.42. The van der Waals surface area contributed by atoms with Crippen LogP contribution >= 0.6 is 15.9 Å². The van der Waals surface area contributed by atoms with Crippen molar-refractivity contribution in [1.82, 2.24) is 14.8 Å². The Bertz CT molecular complexity index is 495. The molecular formula is C9H6BrN3O. The Kier molecular flexibility index (Phi) is 1.61. The molecule has 0 spiro atoms. The number of aromatic nitrogens is 3. The van der Waals surface area contributed by atoms with Crippen molar-refractivity contribution in [3.8, 4) is 11.4 Å². The number of rotatable bonds is 0. The monoisotopic (exact) mass is 251 g/mol. The van der Waals surface area contributed by atoms with Crippen LogP contribution in [0.25, 0.3) is 5.69 Å². The van der Waals surface area contributed by atoms with Gasteiger partial charge in [0.25, 0.3) is 0 Å². The van der Waals surface area contributed by atoms with E-state index in [4.69, 9.17) is 4.74 Å². The summed E-state index contributed by atoms with van der Waals surface area (Å²) < 4.78 is 8.47. The lowest BCUT2D eigenvalue weighted by Crippen LogP contribution is -2.12. The Hall–Kier alpha value is -1.36. The fourth-order valence-electron chi connectivity index (χ4n) is 1.50. The smallest absolute Gasteiger partial charge is 0.175 e. The van der Waals surface area contributed by atoms with E-state index >= 15 is 0 Å². The average molecular weight is 252 g/mol. The third kappa shape index (κ3) is 1.05. The Morgan fingerprint density at radius 3 is 3.29 bits per heavy atom. The molecule has 5 heteroatoms. The van der Waals surface area contributed by atoms with Gasteiger partial charge in [0.1, 0.15) is 18.7 Å². The molecule has 70 valence electrons. The summed E-state index contributed by atoms with van der Waals surface area (Å²) in [6, 6.07) is 5.87. The molecule has 3 rings (SSSR count). The van der Waals surface area contributed by atoms with E-state index in [0.717, 1.165) is 21.7 Å². The van der Waals surface area contributed by atoms with Crippen LogP contribution < -0.4 is 4.74 Å². The average Bonchev–Trinajstić information content (AvgIpc) is 2.65. The highest BCUT2D eigenvalue weighted by Crippen LogP contribution is 2.30. The van der Waals surface area contributed by atoms with Crippen LogP contribution in [0.5, 0.6) is 5.75 Å². The number of fused-ring (bicyclic) bond motifs is 3. The van der Waals surface area contributed by atoms with Gasteiger partial charge in [0.2, 0.25) is 0 Å². The molecule has 0 saturated carbocycles. The standard InChI is InChI=1S/C9H6BrN3O/c10-6-1-2-8-7(3-6)13-5-11-12-9(13)4-14-8/h1-3,5H,4H2. The second-order valence-corrected chi connectivity index (χ2v) is 3.93. The molecule has 0 fully saturated rings. The van der Waals surface area contributed by atoms with E-state index in [2.05, 4.69) is 26.1 Å². The zero-order chi connectivity index (χ0) is 9.54. The fraction of sp³-hybridized carbons (Fsp3) is 0.111. The van der Waals surface area contributed by atoms with Crippen LogP contribution in [-0.2, 0) is 6.61 Å². The zero-order valence-electron chi connectivity index (χ0n) is 7.14.